The van der Waals surface area contributed by atoms with Crippen LogP contribution in [0.15, 0.2) is 59.5 Å². The first-order chi connectivity index (χ1) is 14.4. The Labute approximate surface area is 175 Å². The summed E-state index contributed by atoms with van der Waals surface area (Å²) < 4.78 is 40.3. The zero-order valence-electron chi connectivity index (χ0n) is 16.5. The molecule has 3 aromatic rings. The maximum Gasteiger partial charge on any atom is 0.261 e. The normalized spacial score (nSPS) is 14.0. The molecular formula is C21H22FN5O2S. The van der Waals surface area contributed by atoms with Crippen LogP contribution in [-0.2, 0) is 10.0 Å². The molecule has 1 fully saturated rings. The fourth-order valence-corrected chi connectivity index (χ4v) is 4.35. The van der Waals surface area contributed by atoms with Gasteiger partial charge >= 0.3 is 0 Å². The highest BCUT2D eigenvalue weighted by Crippen LogP contribution is 2.23. The zero-order valence-corrected chi connectivity index (χ0v) is 17.3. The summed E-state index contributed by atoms with van der Waals surface area (Å²) in [6.07, 6.45) is 2.34. The molecule has 2 aromatic carbocycles. The van der Waals surface area contributed by atoms with Crippen LogP contribution in [0.5, 0.6) is 0 Å². The number of nitrogens with zero attached hydrogens (tertiary/aromatic N) is 3. The minimum atomic E-state index is -3.79. The molecule has 1 aliphatic heterocycles. The minimum Gasteiger partial charge on any atom is -0.356 e. The van der Waals surface area contributed by atoms with Crippen molar-refractivity contribution in [3.63, 3.8) is 0 Å². The molecule has 156 valence electrons. The summed E-state index contributed by atoms with van der Waals surface area (Å²) in [4.78, 5) is 11.3. The summed E-state index contributed by atoms with van der Waals surface area (Å²) in [6.45, 7) is 3.93. The Bertz CT molecular complexity index is 1130. The van der Waals surface area contributed by atoms with Crippen LogP contribution in [0, 0.1) is 12.7 Å². The maximum atomic E-state index is 13.0. The quantitative estimate of drug-likeness (QED) is 0.617. The average molecular weight is 428 g/mol. The summed E-state index contributed by atoms with van der Waals surface area (Å²) >= 11 is 0. The van der Waals surface area contributed by atoms with Crippen molar-refractivity contribution in [3.05, 3.63) is 66.1 Å². The van der Waals surface area contributed by atoms with Crippen molar-refractivity contribution in [2.24, 2.45) is 0 Å². The van der Waals surface area contributed by atoms with Crippen LogP contribution in [0.4, 0.5) is 27.5 Å². The van der Waals surface area contributed by atoms with Crippen LogP contribution in [0.2, 0.25) is 0 Å². The van der Waals surface area contributed by atoms with E-state index in [1.54, 1.807) is 24.3 Å². The first-order valence-corrected chi connectivity index (χ1v) is 11.1. The Balaban J connectivity index is 1.47. The monoisotopic (exact) mass is 427 g/mol. The number of nitrogens with one attached hydrogen (secondary N) is 2. The number of benzene rings is 2. The van der Waals surface area contributed by atoms with Gasteiger partial charge in [0.2, 0.25) is 5.95 Å². The molecule has 0 amide bonds. The molecule has 0 spiro atoms. The highest BCUT2D eigenvalue weighted by Gasteiger charge is 2.16. The molecule has 1 saturated heterocycles. The third-order valence-corrected chi connectivity index (χ3v) is 6.19. The van der Waals surface area contributed by atoms with Crippen LogP contribution >= 0.6 is 0 Å². The molecule has 0 saturated carbocycles. The molecule has 30 heavy (non-hydrogen) atoms. The Morgan fingerprint density at radius 2 is 1.57 bits per heavy atom. The molecule has 0 radical (unpaired) electrons. The number of sulfonamides is 1. The fourth-order valence-electron chi connectivity index (χ4n) is 3.29. The van der Waals surface area contributed by atoms with Gasteiger partial charge in [0.05, 0.1) is 4.90 Å². The van der Waals surface area contributed by atoms with E-state index in [2.05, 4.69) is 24.9 Å². The van der Waals surface area contributed by atoms with Crippen molar-refractivity contribution in [3.8, 4) is 0 Å². The smallest absolute Gasteiger partial charge is 0.261 e. The van der Waals surface area contributed by atoms with E-state index >= 15 is 0 Å². The first-order valence-electron chi connectivity index (χ1n) is 9.65. The molecule has 7 nitrogen and oxygen atoms in total. The number of halogens is 1. The van der Waals surface area contributed by atoms with Gasteiger partial charge in [0.1, 0.15) is 11.6 Å². The Kier molecular flexibility index (Phi) is 5.54. The molecule has 0 atom stereocenters. The summed E-state index contributed by atoms with van der Waals surface area (Å²) in [5, 5.41) is 3.17. The topological polar surface area (TPSA) is 87.2 Å². The van der Waals surface area contributed by atoms with Gasteiger partial charge < -0.3 is 10.2 Å². The van der Waals surface area contributed by atoms with Crippen LogP contribution < -0.4 is 14.9 Å². The van der Waals surface area contributed by atoms with Crippen molar-refractivity contribution in [2.45, 2.75) is 24.7 Å². The largest absolute Gasteiger partial charge is 0.356 e. The van der Waals surface area contributed by atoms with Crippen molar-refractivity contribution in [1.82, 2.24) is 9.97 Å². The second kappa shape index (κ2) is 8.27. The Morgan fingerprint density at radius 3 is 2.23 bits per heavy atom. The van der Waals surface area contributed by atoms with Gasteiger partial charge in [0.25, 0.3) is 10.0 Å². The maximum absolute atomic E-state index is 13.0. The number of anilines is 4. The fraction of sp³-hybridized carbons (Fsp3) is 0.238. The van der Waals surface area contributed by atoms with Crippen molar-refractivity contribution in [2.75, 3.05) is 28.0 Å². The zero-order chi connectivity index (χ0) is 21.1. The summed E-state index contributed by atoms with van der Waals surface area (Å²) in [5.41, 5.74) is 2.00. The van der Waals surface area contributed by atoms with Crippen LogP contribution in [0.25, 0.3) is 0 Å². The SMILES string of the molecule is Cc1cc(N2CCCC2)nc(Nc2ccc(NS(=O)(=O)c3ccc(F)cc3)cc2)n1. The van der Waals surface area contributed by atoms with Crippen LogP contribution in [-0.4, -0.2) is 31.5 Å². The minimum absolute atomic E-state index is 0.00583. The van der Waals surface area contributed by atoms with E-state index in [0.29, 0.717) is 11.6 Å². The van der Waals surface area contributed by atoms with Gasteiger partial charge in [-0.3, -0.25) is 4.72 Å². The van der Waals surface area contributed by atoms with E-state index in [1.165, 1.54) is 25.0 Å². The molecule has 2 N–H and O–H groups in total. The van der Waals surface area contributed by atoms with Crippen molar-refractivity contribution >= 4 is 33.2 Å². The molecule has 9 heteroatoms. The number of hydrogen-bond acceptors (Lipinski definition) is 6. The standard InChI is InChI=1S/C21H22FN5O2S/c1-15-14-20(27-12-2-3-13-27)25-21(23-15)24-17-6-8-18(9-7-17)26-30(28,29)19-10-4-16(22)5-11-19/h4-11,14,26H,2-3,12-13H2,1H3,(H,23,24,25). The second-order valence-corrected chi connectivity index (χ2v) is 8.83. The van der Waals surface area contributed by atoms with E-state index in [0.717, 1.165) is 42.4 Å². The van der Waals surface area contributed by atoms with Crippen molar-refractivity contribution in [1.29, 1.82) is 0 Å². The molecule has 2 heterocycles. The van der Waals surface area contributed by atoms with E-state index in [1.807, 2.05) is 13.0 Å². The predicted molar refractivity (Wildman–Crippen MR) is 115 cm³/mol. The molecular weight excluding hydrogens is 405 g/mol. The first kappa shape index (κ1) is 20.1. The van der Waals surface area contributed by atoms with Gasteiger partial charge in [-0.2, -0.15) is 4.98 Å². The summed E-state index contributed by atoms with van der Waals surface area (Å²) in [7, 11) is -3.79. The summed E-state index contributed by atoms with van der Waals surface area (Å²) in [6, 6.07) is 13.4. The highest BCUT2D eigenvalue weighted by atomic mass is 32.2. The third kappa shape index (κ3) is 4.68. The molecule has 1 aromatic heterocycles. The number of aromatic nitrogens is 2. The lowest BCUT2D eigenvalue weighted by atomic mass is 10.3. The lowest BCUT2D eigenvalue weighted by Gasteiger charge is -2.17. The third-order valence-electron chi connectivity index (χ3n) is 4.79. The molecule has 0 bridgehead atoms. The van der Waals surface area contributed by atoms with E-state index < -0.39 is 15.8 Å². The Morgan fingerprint density at radius 1 is 0.933 bits per heavy atom. The molecule has 0 aliphatic carbocycles. The predicted octanol–water partition coefficient (Wildman–Crippen LogP) is 4.07. The lowest BCUT2D eigenvalue weighted by Crippen LogP contribution is -2.19. The van der Waals surface area contributed by atoms with Crippen molar-refractivity contribution < 1.29 is 12.8 Å². The van der Waals surface area contributed by atoms with Gasteiger partial charge in [-0.15, -0.1) is 0 Å². The summed E-state index contributed by atoms with van der Waals surface area (Å²) in [5.74, 6) is 0.915. The van der Waals surface area contributed by atoms with E-state index in [-0.39, 0.29) is 4.90 Å². The second-order valence-electron chi connectivity index (χ2n) is 7.15. The van der Waals surface area contributed by atoms with Gasteiger partial charge in [0, 0.05) is 36.2 Å². The van der Waals surface area contributed by atoms with Gasteiger partial charge in [0.15, 0.2) is 0 Å². The average Bonchev–Trinajstić information content (AvgIpc) is 3.24. The highest BCUT2D eigenvalue weighted by molar-refractivity contribution is 7.92. The van der Waals surface area contributed by atoms with Crippen LogP contribution in [0.1, 0.15) is 18.5 Å². The van der Waals surface area contributed by atoms with Gasteiger partial charge in [-0.1, -0.05) is 0 Å². The number of rotatable bonds is 6. The molecule has 0 unspecified atom stereocenters. The Hall–Kier alpha value is -3.20. The lowest BCUT2D eigenvalue weighted by molar-refractivity contribution is 0.599. The number of aryl methyl sites for hydroxylation is 1. The molecule has 1 aliphatic rings. The van der Waals surface area contributed by atoms with E-state index in [9.17, 15) is 12.8 Å². The molecule has 4 rings (SSSR count). The van der Waals surface area contributed by atoms with Crippen LogP contribution in [0.3, 0.4) is 0 Å². The van der Waals surface area contributed by atoms with E-state index in [4.69, 9.17) is 0 Å². The van der Waals surface area contributed by atoms with Gasteiger partial charge in [-0.25, -0.2) is 17.8 Å². The van der Waals surface area contributed by atoms with Gasteiger partial charge in [-0.05, 0) is 68.3 Å². The number of hydrogen-bond donors (Lipinski definition) is 2.